The van der Waals surface area contributed by atoms with Crippen molar-refractivity contribution >= 4 is 32.4 Å². The summed E-state index contributed by atoms with van der Waals surface area (Å²) in [5, 5.41) is 12.3. The molecule has 0 radical (unpaired) electrons. The summed E-state index contributed by atoms with van der Waals surface area (Å²) < 4.78 is 33.3. The van der Waals surface area contributed by atoms with E-state index in [1.54, 1.807) is 37.3 Å². The van der Waals surface area contributed by atoms with Gasteiger partial charge in [-0.05, 0) is 24.6 Å². The highest BCUT2D eigenvalue weighted by atomic mass is 32.2. The van der Waals surface area contributed by atoms with Crippen molar-refractivity contribution in [1.29, 1.82) is 0 Å². The van der Waals surface area contributed by atoms with Crippen LogP contribution in [0, 0.1) is 6.92 Å². The van der Waals surface area contributed by atoms with E-state index in [2.05, 4.69) is 15.0 Å². The molecule has 148 valence electrons. The number of nitrogens with zero attached hydrogens (tertiary/aromatic N) is 1. The Balaban J connectivity index is 1.84. The van der Waals surface area contributed by atoms with E-state index in [0.717, 1.165) is 0 Å². The van der Waals surface area contributed by atoms with Gasteiger partial charge in [-0.25, -0.2) is 13.4 Å². The summed E-state index contributed by atoms with van der Waals surface area (Å²) in [7, 11) is -3.99. The SMILES string of the molecule is CC(=O)Nc1nc(C)c(-c2ccc(S(=O)(=O)N[C@@H](CO)c3ccccc3)o2)s1. The van der Waals surface area contributed by atoms with Crippen molar-refractivity contribution in [3.8, 4) is 10.6 Å². The molecule has 3 N–H and O–H groups in total. The maximum absolute atomic E-state index is 12.7. The number of aryl methyl sites for hydroxylation is 1. The Morgan fingerprint density at radius 1 is 1.25 bits per heavy atom. The molecule has 28 heavy (non-hydrogen) atoms. The lowest BCUT2D eigenvalue weighted by molar-refractivity contribution is -0.114. The van der Waals surface area contributed by atoms with E-state index < -0.39 is 22.7 Å². The minimum atomic E-state index is -3.99. The molecule has 3 rings (SSSR count). The first-order chi connectivity index (χ1) is 13.3. The summed E-state index contributed by atoms with van der Waals surface area (Å²) in [5.41, 5.74) is 1.25. The predicted octanol–water partition coefficient (Wildman–Crippen LogP) is 2.68. The van der Waals surface area contributed by atoms with Crippen molar-refractivity contribution in [2.75, 3.05) is 11.9 Å². The van der Waals surface area contributed by atoms with Crippen LogP contribution in [0.3, 0.4) is 0 Å². The van der Waals surface area contributed by atoms with E-state index in [9.17, 15) is 18.3 Å². The molecule has 0 saturated carbocycles. The third-order valence-corrected chi connectivity index (χ3v) is 6.26. The van der Waals surface area contributed by atoms with Crippen molar-refractivity contribution in [2.24, 2.45) is 0 Å². The molecule has 0 aliphatic carbocycles. The minimum Gasteiger partial charge on any atom is -0.442 e. The molecule has 0 saturated heterocycles. The van der Waals surface area contributed by atoms with Gasteiger partial charge in [-0.3, -0.25) is 4.79 Å². The number of amides is 1. The molecule has 2 aromatic heterocycles. The van der Waals surface area contributed by atoms with Crippen LogP contribution in [0.2, 0.25) is 0 Å². The third kappa shape index (κ3) is 4.47. The van der Waals surface area contributed by atoms with Gasteiger partial charge in [-0.1, -0.05) is 41.7 Å². The van der Waals surface area contributed by atoms with Crippen molar-refractivity contribution in [2.45, 2.75) is 25.0 Å². The summed E-state index contributed by atoms with van der Waals surface area (Å²) in [6.07, 6.45) is 0. The first-order valence-electron chi connectivity index (χ1n) is 8.33. The molecular formula is C18H19N3O5S2. The number of hydrogen-bond acceptors (Lipinski definition) is 7. The van der Waals surface area contributed by atoms with Crippen molar-refractivity contribution < 1.29 is 22.7 Å². The molecule has 10 heteroatoms. The largest absolute Gasteiger partial charge is 0.442 e. The van der Waals surface area contributed by atoms with E-state index in [-0.39, 0.29) is 11.0 Å². The van der Waals surface area contributed by atoms with E-state index >= 15 is 0 Å². The summed E-state index contributed by atoms with van der Waals surface area (Å²) in [6, 6.07) is 10.8. The molecule has 2 heterocycles. The number of aromatic nitrogens is 1. The van der Waals surface area contributed by atoms with Gasteiger partial charge < -0.3 is 14.8 Å². The number of benzene rings is 1. The number of furan rings is 1. The van der Waals surface area contributed by atoms with Gasteiger partial charge in [0.2, 0.25) is 11.0 Å². The number of carbonyl (C=O) groups excluding carboxylic acids is 1. The minimum absolute atomic E-state index is 0.247. The fraction of sp³-hybridized carbons (Fsp3) is 0.222. The van der Waals surface area contributed by atoms with E-state index in [1.807, 2.05) is 0 Å². The van der Waals surface area contributed by atoms with Crippen LogP contribution in [0.25, 0.3) is 10.6 Å². The number of anilines is 1. The Labute approximate surface area is 166 Å². The maximum Gasteiger partial charge on any atom is 0.274 e. The molecule has 0 spiro atoms. The standard InChI is InChI=1S/C18H19N3O5S2/c1-11-17(27-18(19-11)20-12(2)23)15-8-9-16(26-15)28(24,25)21-14(10-22)13-6-4-3-5-7-13/h3-9,14,21-22H,10H2,1-2H3,(H,19,20,23)/t14-/m0/s1. The average molecular weight is 422 g/mol. The monoisotopic (exact) mass is 421 g/mol. The molecule has 1 aromatic carbocycles. The van der Waals surface area contributed by atoms with Crippen molar-refractivity contribution in [3.63, 3.8) is 0 Å². The summed E-state index contributed by atoms with van der Waals surface area (Å²) in [5.74, 6) is 0.0791. The number of carbonyl (C=O) groups is 1. The number of hydrogen-bond donors (Lipinski definition) is 3. The van der Waals surface area contributed by atoms with E-state index in [4.69, 9.17) is 4.42 Å². The fourth-order valence-electron chi connectivity index (χ4n) is 2.56. The highest BCUT2D eigenvalue weighted by Crippen LogP contribution is 2.34. The summed E-state index contributed by atoms with van der Waals surface area (Å²) in [4.78, 5) is 16.0. The van der Waals surface area contributed by atoms with Crippen LogP contribution < -0.4 is 10.0 Å². The Morgan fingerprint density at radius 3 is 2.61 bits per heavy atom. The quantitative estimate of drug-likeness (QED) is 0.539. The molecule has 0 aliphatic rings. The first-order valence-corrected chi connectivity index (χ1v) is 10.6. The number of nitrogens with one attached hydrogen (secondary N) is 2. The highest BCUT2D eigenvalue weighted by Gasteiger charge is 2.25. The molecule has 0 unspecified atom stereocenters. The van der Waals surface area contributed by atoms with Gasteiger partial charge in [0.05, 0.1) is 23.2 Å². The lowest BCUT2D eigenvalue weighted by Crippen LogP contribution is -2.30. The fourth-order valence-corrected chi connectivity index (χ4v) is 4.68. The zero-order chi connectivity index (χ0) is 20.3. The smallest absolute Gasteiger partial charge is 0.274 e. The molecule has 0 aliphatic heterocycles. The van der Waals surface area contributed by atoms with Crippen LogP contribution in [-0.2, 0) is 14.8 Å². The Morgan fingerprint density at radius 2 is 1.96 bits per heavy atom. The number of thiazole rings is 1. The highest BCUT2D eigenvalue weighted by molar-refractivity contribution is 7.89. The van der Waals surface area contributed by atoms with Crippen LogP contribution in [0.5, 0.6) is 0 Å². The predicted molar refractivity (Wildman–Crippen MR) is 105 cm³/mol. The summed E-state index contributed by atoms with van der Waals surface area (Å²) >= 11 is 1.19. The molecule has 1 amide bonds. The Bertz CT molecular complexity index is 1070. The molecular weight excluding hydrogens is 402 g/mol. The van der Waals surface area contributed by atoms with Gasteiger partial charge in [-0.2, -0.15) is 4.72 Å². The van der Waals surface area contributed by atoms with Gasteiger partial charge in [0, 0.05) is 6.92 Å². The number of rotatable bonds is 7. The molecule has 1 atom stereocenters. The van der Waals surface area contributed by atoms with Crippen molar-refractivity contribution in [1.82, 2.24) is 9.71 Å². The van der Waals surface area contributed by atoms with Crippen LogP contribution in [0.1, 0.15) is 24.2 Å². The zero-order valence-corrected chi connectivity index (χ0v) is 16.8. The molecule has 3 aromatic rings. The topological polar surface area (TPSA) is 122 Å². The normalized spacial score (nSPS) is 12.7. The molecule has 0 fully saturated rings. The van der Waals surface area contributed by atoms with Gasteiger partial charge in [0.15, 0.2) is 5.13 Å². The van der Waals surface area contributed by atoms with Gasteiger partial charge >= 0.3 is 0 Å². The second-order valence-corrected chi connectivity index (χ2v) is 8.64. The van der Waals surface area contributed by atoms with Gasteiger partial charge in [0.25, 0.3) is 10.0 Å². The number of aliphatic hydroxyl groups excluding tert-OH is 1. The van der Waals surface area contributed by atoms with Crippen molar-refractivity contribution in [3.05, 3.63) is 53.7 Å². The average Bonchev–Trinajstić information content (AvgIpc) is 3.27. The Kier molecular flexibility index (Phi) is 5.94. The number of sulfonamides is 1. The first kappa shape index (κ1) is 20.2. The second kappa shape index (κ2) is 8.23. The lowest BCUT2D eigenvalue weighted by Gasteiger charge is -2.15. The van der Waals surface area contributed by atoms with Gasteiger partial charge in [0.1, 0.15) is 5.76 Å². The van der Waals surface area contributed by atoms with Crippen LogP contribution in [0.15, 0.2) is 52.0 Å². The summed E-state index contributed by atoms with van der Waals surface area (Å²) in [6.45, 7) is 2.72. The number of aliphatic hydroxyl groups is 1. The van der Waals surface area contributed by atoms with E-state index in [0.29, 0.717) is 27.0 Å². The third-order valence-electron chi connectivity index (χ3n) is 3.83. The van der Waals surface area contributed by atoms with Crippen LogP contribution in [0.4, 0.5) is 5.13 Å². The van der Waals surface area contributed by atoms with Crippen LogP contribution >= 0.6 is 11.3 Å². The molecule has 8 nitrogen and oxygen atoms in total. The van der Waals surface area contributed by atoms with Gasteiger partial charge in [-0.15, -0.1) is 0 Å². The maximum atomic E-state index is 12.7. The molecule has 0 bridgehead atoms. The van der Waals surface area contributed by atoms with Crippen LogP contribution in [-0.4, -0.2) is 31.0 Å². The van der Waals surface area contributed by atoms with E-state index in [1.165, 1.54) is 30.4 Å². The zero-order valence-electron chi connectivity index (χ0n) is 15.2. The Hall–Kier alpha value is -2.53. The second-order valence-electron chi connectivity index (χ2n) is 6.00. The lowest BCUT2D eigenvalue weighted by atomic mass is 10.1.